The summed E-state index contributed by atoms with van der Waals surface area (Å²) >= 11 is 1.24. The molecule has 3 amide bonds. The SMILES string of the molecule is O=C(CN1C(=O)c2ccccc2C1=O)Nc1nnc([C@@H]2CCCO2)s1. The summed E-state index contributed by atoms with van der Waals surface area (Å²) in [6.07, 6.45) is 1.79. The van der Waals surface area contributed by atoms with E-state index in [1.807, 2.05) is 0 Å². The van der Waals surface area contributed by atoms with Crippen molar-refractivity contribution in [3.05, 3.63) is 40.4 Å². The Morgan fingerprint density at radius 2 is 1.96 bits per heavy atom. The second-order valence-electron chi connectivity index (χ2n) is 5.74. The fourth-order valence-corrected chi connectivity index (χ4v) is 3.72. The van der Waals surface area contributed by atoms with Crippen LogP contribution in [0, 0.1) is 0 Å². The number of aromatic nitrogens is 2. The smallest absolute Gasteiger partial charge is 0.262 e. The summed E-state index contributed by atoms with van der Waals surface area (Å²) in [7, 11) is 0. The predicted octanol–water partition coefficient (Wildman–Crippen LogP) is 1.62. The number of imide groups is 1. The number of benzene rings is 1. The first-order valence-corrected chi connectivity index (χ1v) is 8.65. The molecule has 0 saturated carbocycles. The molecule has 0 bridgehead atoms. The third kappa shape index (κ3) is 2.92. The van der Waals surface area contributed by atoms with Crippen LogP contribution in [0.3, 0.4) is 0 Å². The number of rotatable bonds is 4. The highest BCUT2D eigenvalue weighted by Gasteiger charge is 2.36. The van der Waals surface area contributed by atoms with Crippen LogP contribution in [-0.2, 0) is 9.53 Å². The topological polar surface area (TPSA) is 101 Å². The summed E-state index contributed by atoms with van der Waals surface area (Å²) in [5.41, 5.74) is 0.633. The Morgan fingerprint density at radius 3 is 2.60 bits per heavy atom. The van der Waals surface area contributed by atoms with Gasteiger partial charge in [-0.1, -0.05) is 23.5 Å². The van der Waals surface area contributed by atoms with Gasteiger partial charge in [-0.2, -0.15) is 0 Å². The molecule has 8 nitrogen and oxygen atoms in total. The molecule has 25 heavy (non-hydrogen) atoms. The van der Waals surface area contributed by atoms with E-state index in [0.29, 0.717) is 27.9 Å². The number of hydrogen-bond acceptors (Lipinski definition) is 7. The number of ether oxygens (including phenoxy) is 1. The molecule has 1 aromatic heterocycles. The van der Waals surface area contributed by atoms with Crippen molar-refractivity contribution in [3.63, 3.8) is 0 Å². The molecular weight excluding hydrogens is 344 g/mol. The maximum Gasteiger partial charge on any atom is 0.262 e. The van der Waals surface area contributed by atoms with Gasteiger partial charge in [-0.15, -0.1) is 10.2 Å². The van der Waals surface area contributed by atoms with E-state index < -0.39 is 17.7 Å². The van der Waals surface area contributed by atoms with Crippen LogP contribution in [0.1, 0.15) is 44.7 Å². The summed E-state index contributed by atoms with van der Waals surface area (Å²) < 4.78 is 5.53. The van der Waals surface area contributed by atoms with Gasteiger partial charge in [0.1, 0.15) is 17.7 Å². The Labute approximate surface area is 146 Å². The highest BCUT2D eigenvalue weighted by atomic mass is 32.1. The molecule has 128 valence electrons. The Morgan fingerprint density at radius 1 is 1.24 bits per heavy atom. The second kappa shape index (κ2) is 6.34. The van der Waals surface area contributed by atoms with E-state index in [2.05, 4.69) is 15.5 Å². The average Bonchev–Trinajstić information content (AvgIpc) is 3.33. The van der Waals surface area contributed by atoms with Gasteiger partial charge in [0, 0.05) is 6.61 Å². The molecule has 2 aliphatic rings. The monoisotopic (exact) mass is 358 g/mol. The summed E-state index contributed by atoms with van der Waals surface area (Å²) in [5.74, 6) is -1.43. The number of nitrogens with zero attached hydrogens (tertiary/aromatic N) is 3. The molecule has 1 N–H and O–H groups in total. The maximum absolute atomic E-state index is 12.3. The average molecular weight is 358 g/mol. The lowest BCUT2D eigenvalue weighted by Gasteiger charge is -2.12. The van der Waals surface area contributed by atoms with E-state index in [1.54, 1.807) is 24.3 Å². The molecule has 4 rings (SSSR count). The summed E-state index contributed by atoms with van der Waals surface area (Å²) in [6.45, 7) is 0.340. The minimum Gasteiger partial charge on any atom is -0.371 e. The molecule has 2 aromatic rings. The molecular formula is C16H14N4O4S. The highest BCUT2D eigenvalue weighted by molar-refractivity contribution is 7.15. The van der Waals surface area contributed by atoms with Crippen LogP contribution >= 0.6 is 11.3 Å². The van der Waals surface area contributed by atoms with Gasteiger partial charge < -0.3 is 4.74 Å². The minimum atomic E-state index is -0.496. The van der Waals surface area contributed by atoms with Crippen LogP contribution in [-0.4, -0.2) is 46.0 Å². The van der Waals surface area contributed by atoms with Crippen molar-refractivity contribution >= 4 is 34.2 Å². The fraction of sp³-hybridized carbons (Fsp3) is 0.312. The van der Waals surface area contributed by atoms with Crippen molar-refractivity contribution in [1.82, 2.24) is 15.1 Å². The maximum atomic E-state index is 12.3. The molecule has 2 aliphatic heterocycles. The van der Waals surface area contributed by atoms with Gasteiger partial charge in [0.05, 0.1) is 11.1 Å². The Bertz CT molecular complexity index is 824. The Kier molecular flexibility index (Phi) is 4.02. The normalized spacial score (nSPS) is 19.4. The lowest BCUT2D eigenvalue weighted by Crippen LogP contribution is -2.37. The van der Waals surface area contributed by atoms with Gasteiger partial charge in [-0.05, 0) is 25.0 Å². The van der Waals surface area contributed by atoms with Gasteiger partial charge >= 0.3 is 0 Å². The first-order valence-electron chi connectivity index (χ1n) is 7.83. The van der Waals surface area contributed by atoms with Gasteiger partial charge in [0.25, 0.3) is 11.8 Å². The first-order chi connectivity index (χ1) is 12.1. The van der Waals surface area contributed by atoms with Crippen LogP contribution < -0.4 is 5.32 Å². The second-order valence-corrected chi connectivity index (χ2v) is 6.75. The molecule has 0 radical (unpaired) electrons. The third-order valence-corrected chi connectivity index (χ3v) is 5.00. The molecule has 3 heterocycles. The molecule has 1 aromatic carbocycles. The summed E-state index contributed by atoms with van der Waals surface area (Å²) in [5, 5.41) is 11.6. The summed E-state index contributed by atoms with van der Waals surface area (Å²) in [4.78, 5) is 37.6. The van der Waals surface area contributed by atoms with Gasteiger partial charge in [-0.25, -0.2) is 0 Å². The number of nitrogens with one attached hydrogen (secondary N) is 1. The molecule has 1 atom stereocenters. The number of carbonyl (C=O) groups is 3. The van der Waals surface area contributed by atoms with Crippen molar-refractivity contribution in [1.29, 1.82) is 0 Å². The van der Waals surface area contributed by atoms with Crippen molar-refractivity contribution in [2.24, 2.45) is 0 Å². The van der Waals surface area contributed by atoms with Crippen LogP contribution in [0.4, 0.5) is 5.13 Å². The number of hydrogen-bond donors (Lipinski definition) is 1. The molecule has 0 aliphatic carbocycles. The number of amides is 3. The quantitative estimate of drug-likeness (QED) is 0.834. The van der Waals surface area contributed by atoms with E-state index in [4.69, 9.17) is 4.74 Å². The van der Waals surface area contributed by atoms with Crippen molar-refractivity contribution in [2.45, 2.75) is 18.9 Å². The zero-order chi connectivity index (χ0) is 17.4. The van der Waals surface area contributed by atoms with Gasteiger partial charge in [-0.3, -0.25) is 24.6 Å². The Balaban J connectivity index is 1.41. The van der Waals surface area contributed by atoms with Crippen LogP contribution in [0.5, 0.6) is 0 Å². The zero-order valence-electron chi connectivity index (χ0n) is 13.1. The Hall–Kier alpha value is -2.65. The molecule has 1 saturated heterocycles. The van der Waals surface area contributed by atoms with Crippen molar-refractivity contribution in [2.75, 3.05) is 18.5 Å². The van der Waals surface area contributed by atoms with E-state index in [1.165, 1.54) is 11.3 Å². The van der Waals surface area contributed by atoms with Crippen molar-refractivity contribution in [3.8, 4) is 0 Å². The van der Waals surface area contributed by atoms with E-state index in [0.717, 1.165) is 17.7 Å². The van der Waals surface area contributed by atoms with E-state index in [-0.39, 0.29) is 12.6 Å². The van der Waals surface area contributed by atoms with Crippen LogP contribution in [0.15, 0.2) is 24.3 Å². The number of anilines is 1. The van der Waals surface area contributed by atoms with E-state index in [9.17, 15) is 14.4 Å². The molecule has 9 heteroatoms. The first kappa shape index (κ1) is 15.9. The molecule has 1 fully saturated rings. The number of carbonyl (C=O) groups excluding carboxylic acids is 3. The van der Waals surface area contributed by atoms with E-state index >= 15 is 0 Å². The van der Waals surface area contributed by atoms with Crippen LogP contribution in [0.25, 0.3) is 0 Å². The predicted molar refractivity (Wildman–Crippen MR) is 88.3 cm³/mol. The minimum absolute atomic E-state index is 0.0700. The lowest BCUT2D eigenvalue weighted by molar-refractivity contribution is -0.116. The third-order valence-electron chi connectivity index (χ3n) is 4.07. The fourth-order valence-electron chi connectivity index (χ4n) is 2.87. The molecule has 0 unspecified atom stereocenters. The standard InChI is InChI=1S/C16H14N4O4S/c21-12(17-16-19-18-13(25-16)11-6-3-7-24-11)8-20-14(22)9-4-1-2-5-10(9)15(20)23/h1-2,4-5,11H,3,6-8H2,(H,17,19,21)/t11-/m0/s1. The van der Waals surface area contributed by atoms with Gasteiger partial charge in [0.15, 0.2) is 0 Å². The largest absolute Gasteiger partial charge is 0.371 e. The van der Waals surface area contributed by atoms with Crippen LogP contribution in [0.2, 0.25) is 0 Å². The summed E-state index contributed by atoms with van der Waals surface area (Å²) in [6, 6.07) is 6.51. The highest BCUT2D eigenvalue weighted by Crippen LogP contribution is 2.32. The zero-order valence-corrected chi connectivity index (χ0v) is 13.9. The van der Waals surface area contributed by atoms with Gasteiger partial charge in [0.2, 0.25) is 11.0 Å². The lowest BCUT2D eigenvalue weighted by atomic mass is 10.1. The molecule has 0 spiro atoms. The number of fused-ring (bicyclic) bond motifs is 1. The van der Waals surface area contributed by atoms with Crippen molar-refractivity contribution < 1.29 is 19.1 Å².